The number of rotatable bonds is 2. The first kappa shape index (κ1) is 8.90. The van der Waals surface area contributed by atoms with Crippen LogP contribution in [-0.2, 0) is 6.54 Å². The fraction of sp³-hybridized carbons (Fsp3) is 0.100. The van der Waals surface area contributed by atoms with E-state index in [0.29, 0.717) is 5.76 Å². The fourth-order valence-electron chi connectivity index (χ4n) is 1.30. The van der Waals surface area contributed by atoms with E-state index in [9.17, 15) is 4.39 Å². The first-order valence-corrected chi connectivity index (χ1v) is 4.21. The number of nitrogens with two attached hydrogens (primary N) is 1. The van der Waals surface area contributed by atoms with Crippen molar-refractivity contribution in [2.24, 2.45) is 5.73 Å². The van der Waals surface area contributed by atoms with E-state index in [1.807, 2.05) is 0 Å². The maximum Gasteiger partial charge on any atom is 0.158 e. The van der Waals surface area contributed by atoms with Crippen molar-refractivity contribution in [3.8, 4) is 11.1 Å². The monoisotopic (exact) mass is 192 g/mol. The minimum absolute atomic E-state index is 0.256. The molecule has 2 aromatic rings. The van der Waals surface area contributed by atoms with Gasteiger partial charge in [-0.25, -0.2) is 4.39 Å². The Balaban J connectivity index is 2.49. The van der Waals surface area contributed by atoms with Gasteiger partial charge in [0.2, 0.25) is 0 Å². The normalized spacial score (nSPS) is 10.4. The summed E-state index contributed by atoms with van der Waals surface area (Å²) < 4.78 is 17.8. The summed E-state index contributed by atoms with van der Waals surface area (Å²) in [5.41, 5.74) is 6.91. The molecule has 0 aliphatic heterocycles. The number of halogens is 1. The largest absolute Gasteiger partial charge is 0.359 e. The molecule has 4 heteroatoms. The number of aromatic nitrogens is 1. The van der Waals surface area contributed by atoms with Gasteiger partial charge in [0.05, 0.1) is 12.7 Å². The van der Waals surface area contributed by atoms with Crippen LogP contribution in [-0.4, -0.2) is 5.16 Å². The third kappa shape index (κ3) is 1.52. The summed E-state index contributed by atoms with van der Waals surface area (Å²) in [6.45, 7) is 0.256. The van der Waals surface area contributed by atoms with Crippen LogP contribution in [0.2, 0.25) is 0 Å². The second-order valence-electron chi connectivity index (χ2n) is 2.88. The number of benzene rings is 1. The molecular weight excluding hydrogens is 183 g/mol. The van der Waals surface area contributed by atoms with Gasteiger partial charge in [0.25, 0.3) is 0 Å². The van der Waals surface area contributed by atoms with Gasteiger partial charge in [-0.2, -0.15) is 0 Å². The Hall–Kier alpha value is -1.68. The standard InChI is InChI=1S/C10H9FN2O/c11-8-3-1-2-7(4-8)9-6-13-14-10(9)5-12/h1-4,6H,5,12H2. The summed E-state index contributed by atoms with van der Waals surface area (Å²) in [6.07, 6.45) is 1.54. The first-order chi connectivity index (χ1) is 6.81. The van der Waals surface area contributed by atoms with Gasteiger partial charge in [-0.05, 0) is 17.7 Å². The molecule has 1 aromatic carbocycles. The van der Waals surface area contributed by atoms with Crippen molar-refractivity contribution in [2.45, 2.75) is 6.54 Å². The van der Waals surface area contributed by atoms with E-state index in [-0.39, 0.29) is 12.4 Å². The lowest BCUT2D eigenvalue weighted by atomic mass is 10.1. The Bertz CT molecular complexity index is 439. The maximum atomic E-state index is 12.9. The average molecular weight is 192 g/mol. The molecule has 0 bridgehead atoms. The zero-order chi connectivity index (χ0) is 9.97. The van der Waals surface area contributed by atoms with Crippen molar-refractivity contribution < 1.29 is 8.91 Å². The van der Waals surface area contributed by atoms with Gasteiger partial charge in [-0.1, -0.05) is 17.3 Å². The third-order valence-corrected chi connectivity index (χ3v) is 1.97. The third-order valence-electron chi connectivity index (χ3n) is 1.97. The summed E-state index contributed by atoms with van der Waals surface area (Å²) in [5.74, 6) is 0.280. The number of nitrogens with zero attached hydrogens (tertiary/aromatic N) is 1. The van der Waals surface area contributed by atoms with Crippen LogP contribution in [0.3, 0.4) is 0 Å². The molecule has 0 aliphatic rings. The Kier molecular flexibility index (Phi) is 2.28. The van der Waals surface area contributed by atoms with Gasteiger partial charge in [0, 0.05) is 5.56 Å². The molecule has 2 N–H and O–H groups in total. The maximum absolute atomic E-state index is 12.9. The van der Waals surface area contributed by atoms with Crippen LogP contribution in [0, 0.1) is 5.82 Å². The predicted molar refractivity (Wildman–Crippen MR) is 49.8 cm³/mol. The van der Waals surface area contributed by atoms with E-state index in [4.69, 9.17) is 10.3 Å². The number of hydrogen-bond acceptors (Lipinski definition) is 3. The fourth-order valence-corrected chi connectivity index (χ4v) is 1.30. The van der Waals surface area contributed by atoms with Crippen LogP contribution in [0.1, 0.15) is 5.76 Å². The highest BCUT2D eigenvalue weighted by molar-refractivity contribution is 5.64. The molecule has 1 heterocycles. The molecule has 0 aliphatic carbocycles. The molecule has 3 nitrogen and oxygen atoms in total. The van der Waals surface area contributed by atoms with Crippen LogP contribution in [0.4, 0.5) is 4.39 Å². The van der Waals surface area contributed by atoms with Crippen LogP contribution in [0.25, 0.3) is 11.1 Å². The first-order valence-electron chi connectivity index (χ1n) is 4.21. The molecule has 14 heavy (non-hydrogen) atoms. The molecule has 0 atom stereocenters. The Labute approximate surface area is 80.3 Å². The molecule has 0 amide bonds. The lowest BCUT2D eigenvalue weighted by Crippen LogP contribution is -1.95. The summed E-state index contributed by atoms with van der Waals surface area (Å²) >= 11 is 0. The van der Waals surface area contributed by atoms with Crippen molar-refractivity contribution in [3.63, 3.8) is 0 Å². The van der Waals surface area contributed by atoms with Gasteiger partial charge in [0.15, 0.2) is 5.76 Å². The minimum Gasteiger partial charge on any atom is -0.359 e. The predicted octanol–water partition coefficient (Wildman–Crippen LogP) is 1.94. The highest BCUT2D eigenvalue weighted by atomic mass is 19.1. The van der Waals surface area contributed by atoms with Gasteiger partial charge >= 0.3 is 0 Å². The highest BCUT2D eigenvalue weighted by Crippen LogP contribution is 2.23. The van der Waals surface area contributed by atoms with Crippen LogP contribution >= 0.6 is 0 Å². The van der Waals surface area contributed by atoms with Gasteiger partial charge in [0.1, 0.15) is 5.82 Å². The molecule has 0 unspecified atom stereocenters. The van der Waals surface area contributed by atoms with E-state index in [1.54, 1.807) is 12.1 Å². The molecule has 1 aromatic heterocycles. The highest BCUT2D eigenvalue weighted by Gasteiger charge is 2.08. The van der Waals surface area contributed by atoms with Crippen molar-refractivity contribution in [2.75, 3.05) is 0 Å². The zero-order valence-corrected chi connectivity index (χ0v) is 7.40. The molecule has 72 valence electrons. The Morgan fingerprint density at radius 2 is 2.29 bits per heavy atom. The van der Waals surface area contributed by atoms with Crippen LogP contribution < -0.4 is 5.73 Å². The average Bonchev–Trinajstić information content (AvgIpc) is 2.65. The van der Waals surface area contributed by atoms with Gasteiger partial charge < -0.3 is 10.3 Å². The summed E-state index contributed by atoms with van der Waals surface area (Å²) in [6, 6.07) is 6.23. The topological polar surface area (TPSA) is 52.0 Å². The van der Waals surface area contributed by atoms with E-state index in [2.05, 4.69) is 5.16 Å². The van der Waals surface area contributed by atoms with E-state index in [0.717, 1.165) is 11.1 Å². The second kappa shape index (κ2) is 3.59. The van der Waals surface area contributed by atoms with Crippen molar-refractivity contribution in [1.82, 2.24) is 5.16 Å². The molecule has 0 saturated carbocycles. The quantitative estimate of drug-likeness (QED) is 0.791. The minimum atomic E-state index is -0.285. The summed E-state index contributed by atoms with van der Waals surface area (Å²) in [7, 11) is 0. The van der Waals surface area contributed by atoms with E-state index < -0.39 is 0 Å². The SMILES string of the molecule is NCc1oncc1-c1cccc(F)c1. The molecule has 0 radical (unpaired) electrons. The molecule has 0 saturated heterocycles. The Morgan fingerprint density at radius 3 is 3.00 bits per heavy atom. The summed E-state index contributed by atoms with van der Waals surface area (Å²) in [5, 5.41) is 3.62. The van der Waals surface area contributed by atoms with Crippen LogP contribution in [0.5, 0.6) is 0 Å². The smallest absolute Gasteiger partial charge is 0.158 e. The molecule has 2 rings (SSSR count). The van der Waals surface area contributed by atoms with Crippen LogP contribution in [0.15, 0.2) is 35.0 Å². The number of hydrogen-bond donors (Lipinski definition) is 1. The lowest BCUT2D eigenvalue weighted by molar-refractivity contribution is 0.385. The second-order valence-corrected chi connectivity index (χ2v) is 2.88. The van der Waals surface area contributed by atoms with Gasteiger partial charge in [-0.3, -0.25) is 0 Å². The Morgan fingerprint density at radius 1 is 1.43 bits per heavy atom. The lowest BCUT2D eigenvalue weighted by Gasteiger charge is -1.98. The molecular formula is C10H9FN2O. The molecule has 0 spiro atoms. The van der Waals surface area contributed by atoms with Crippen molar-refractivity contribution >= 4 is 0 Å². The van der Waals surface area contributed by atoms with Gasteiger partial charge in [-0.15, -0.1) is 0 Å². The van der Waals surface area contributed by atoms with E-state index in [1.165, 1.54) is 18.3 Å². The van der Waals surface area contributed by atoms with Crippen molar-refractivity contribution in [1.29, 1.82) is 0 Å². The zero-order valence-electron chi connectivity index (χ0n) is 7.40. The summed E-state index contributed by atoms with van der Waals surface area (Å²) in [4.78, 5) is 0. The molecule has 0 fully saturated rings. The van der Waals surface area contributed by atoms with Crippen molar-refractivity contribution in [3.05, 3.63) is 42.0 Å². The van der Waals surface area contributed by atoms with E-state index >= 15 is 0 Å².